The number of carbonyl (C=O) groups is 1. The van der Waals surface area contributed by atoms with Crippen molar-refractivity contribution in [2.45, 2.75) is 50.5 Å². The third-order valence-electron chi connectivity index (χ3n) is 4.49. The Labute approximate surface area is 165 Å². The fourth-order valence-corrected chi connectivity index (χ4v) is 4.08. The minimum absolute atomic E-state index is 0.0309. The van der Waals surface area contributed by atoms with E-state index < -0.39 is 47.4 Å². The molecule has 2 unspecified atom stereocenters. The average molecular weight is 391 g/mol. The second kappa shape index (κ2) is 8.26. The highest BCUT2D eigenvalue weighted by Crippen LogP contribution is 2.29. The van der Waals surface area contributed by atoms with Gasteiger partial charge in [-0.05, 0) is 39.2 Å². The van der Waals surface area contributed by atoms with Crippen LogP contribution in [0, 0.1) is 0 Å². The topological polar surface area (TPSA) is 102 Å². The van der Waals surface area contributed by atoms with Crippen molar-refractivity contribution in [2.24, 2.45) is 0 Å². The van der Waals surface area contributed by atoms with Crippen LogP contribution in [-0.2, 0) is 9.84 Å². The molecule has 1 saturated heterocycles. The zero-order valence-electron chi connectivity index (χ0n) is 21.8. The lowest BCUT2D eigenvalue weighted by Gasteiger charge is -2.28. The number of ether oxygens (including phenoxy) is 1. The number of anilines is 1. The zero-order chi connectivity index (χ0) is 25.4. The number of nitrogen functional groups attached to an aromatic ring is 1. The van der Waals surface area contributed by atoms with Crippen molar-refractivity contribution in [3.05, 3.63) is 17.7 Å². The molecule has 1 aromatic carbocycles. The van der Waals surface area contributed by atoms with Crippen LogP contribution in [0.15, 0.2) is 17.0 Å². The molecular weight excluding hydrogens is 354 g/mol. The lowest BCUT2D eigenvalue weighted by molar-refractivity contribution is 0.0932. The van der Waals surface area contributed by atoms with Gasteiger partial charge in [0.2, 0.25) is 0 Å². The Balaban J connectivity index is 2.35. The summed E-state index contributed by atoms with van der Waals surface area (Å²) in [6.45, 7) is 0.466. The number of sulfone groups is 1. The van der Waals surface area contributed by atoms with E-state index in [-0.39, 0.29) is 28.4 Å². The number of carbonyl (C=O) groups excluding carboxylic acids is 1. The molecule has 26 heavy (non-hydrogen) atoms. The van der Waals surface area contributed by atoms with E-state index in [2.05, 4.69) is 5.32 Å². The normalized spacial score (nSPS) is 25.5. The van der Waals surface area contributed by atoms with Gasteiger partial charge in [-0.15, -0.1) is 0 Å². The van der Waals surface area contributed by atoms with Crippen LogP contribution in [0.1, 0.15) is 53.5 Å². The van der Waals surface area contributed by atoms with Crippen LogP contribution in [0.4, 0.5) is 5.69 Å². The number of hydrogen-bond donors (Lipinski definition) is 2. The summed E-state index contributed by atoms with van der Waals surface area (Å²) in [6.07, 6.45) is 1.18. The SMILES string of the molecule is [2H]C([2H])([2H])Oc1cc(N)c(S(=O)(=O)CC)cc1C(=O)NCC1CCCN1C([2H])(C)C([2H])([2H])[2H]. The van der Waals surface area contributed by atoms with Crippen molar-refractivity contribution in [3.8, 4) is 5.75 Å². The number of benzene rings is 1. The van der Waals surface area contributed by atoms with E-state index in [4.69, 9.17) is 20.1 Å². The fourth-order valence-electron chi connectivity index (χ4n) is 3.06. The Bertz CT molecular complexity index is 994. The molecule has 0 spiro atoms. The van der Waals surface area contributed by atoms with Crippen molar-refractivity contribution in [2.75, 3.05) is 31.6 Å². The zero-order valence-corrected chi connectivity index (χ0v) is 15.6. The molecule has 2 atom stereocenters. The molecule has 0 aromatic heterocycles. The molecule has 0 aliphatic carbocycles. The average Bonchev–Trinajstić information content (AvgIpc) is 3.13. The Kier molecular flexibility index (Phi) is 3.99. The van der Waals surface area contributed by atoms with Gasteiger partial charge in [0.05, 0.1) is 33.0 Å². The number of hydrogen-bond acceptors (Lipinski definition) is 6. The summed E-state index contributed by atoms with van der Waals surface area (Å²) in [6, 6.07) is -0.343. The Hall–Kier alpha value is -1.80. The number of likely N-dealkylation sites (tertiary alicyclic amines) is 1. The van der Waals surface area contributed by atoms with Gasteiger partial charge >= 0.3 is 0 Å². The van der Waals surface area contributed by atoms with E-state index >= 15 is 0 Å². The summed E-state index contributed by atoms with van der Waals surface area (Å²) in [5.41, 5.74) is 5.21. The highest BCUT2D eigenvalue weighted by atomic mass is 32.2. The molecule has 0 radical (unpaired) electrons. The Morgan fingerprint density at radius 2 is 2.35 bits per heavy atom. The molecule has 7 nitrogen and oxygen atoms in total. The number of rotatable bonds is 7. The number of methoxy groups -OCH3 is 1. The maximum Gasteiger partial charge on any atom is 0.255 e. The molecule has 1 aliphatic heterocycles. The van der Waals surface area contributed by atoms with E-state index in [0.717, 1.165) is 12.1 Å². The van der Waals surface area contributed by atoms with Gasteiger partial charge in [-0.2, -0.15) is 0 Å². The molecule has 3 N–H and O–H groups in total. The van der Waals surface area contributed by atoms with Gasteiger partial charge in [-0.1, -0.05) is 6.92 Å². The van der Waals surface area contributed by atoms with Crippen LogP contribution >= 0.6 is 0 Å². The van der Waals surface area contributed by atoms with E-state index in [1.165, 1.54) is 18.7 Å². The summed E-state index contributed by atoms with van der Waals surface area (Å²) in [4.78, 5) is 14.1. The molecule has 2 rings (SSSR count). The van der Waals surface area contributed by atoms with E-state index in [0.29, 0.717) is 19.4 Å². The summed E-state index contributed by atoms with van der Waals surface area (Å²) in [7, 11) is -6.73. The van der Waals surface area contributed by atoms with Crippen molar-refractivity contribution >= 4 is 21.4 Å². The van der Waals surface area contributed by atoms with Gasteiger partial charge in [-0.25, -0.2) is 8.42 Å². The standard InChI is InChI=1S/C18H29N3O4S/c1-5-26(23,24)17-9-14(16(25-4)10-15(17)19)18(22)20-11-13-7-6-8-21(13)12(2)3/h9-10,12-13H,5-8,11,19H2,1-4H3,(H,20,22)/i2D3,4D3,12D. The quantitative estimate of drug-likeness (QED) is 0.687. The van der Waals surface area contributed by atoms with Gasteiger partial charge in [0.1, 0.15) is 5.75 Å². The molecule has 8 heteroatoms. The minimum atomic E-state index is -3.82. The van der Waals surface area contributed by atoms with Gasteiger partial charge in [0.25, 0.3) is 5.91 Å². The van der Waals surface area contributed by atoms with Crippen LogP contribution in [0.5, 0.6) is 5.75 Å². The molecule has 1 amide bonds. The molecule has 146 valence electrons. The summed E-state index contributed by atoms with van der Waals surface area (Å²) >= 11 is 0. The van der Waals surface area contributed by atoms with Gasteiger partial charge < -0.3 is 15.8 Å². The summed E-state index contributed by atoms with van der Waals surface area (Å²) < 4.78 is 82.8. The van der Waals surface area contributed by atoms with Crippen molar-refractivity contribution in [1.82, 2.24) is 10.2 Å². The maximum atomic E-state index is 13.0. The number of amides is 1. The first-order valence-electron chi connectivity index (χ1n) is 11.8. The van der Waals surface area contributed by atoms with Crippen molar-refractivity contribution in [1.29, 1.82) is 0 Å². The molecular formula is C18H29N3O4S. The van der Waals surface area contributed by atoms with E-state index in [1.807, 2.05) is 0 Å². The van der Waals surface area contributed by atoms with Gasteiger partial charge in [0, 0.05) is 30.2 Å². The number of nitrogens with two attached hydrogens (primary N) is 1. The lowest BCUT2D eigenvalue weighted by atomic mass is 10.1. The highest BCUT2D eigenvalue weighted by molar-refractivity contribution is 7.91. The first-order chi connectivity index (χ1) is 14.9. The van der Waals surface area contributed by atoms with Crippen LogP contribution in [0.3, 0.4) is 0 Å². The third kappa shape index (κ3) is 4.29. The third-order valence-corrected chi connectivity index (χ3v) is 6.27. The van der Waals surface area contributed by atoms with Crippen LogP contribution in [0.25, 0.3) is 0 Å². The van der Waals surface area contributed by atoms with Crippen LogP contribution < -0.4 is 15.8 Å². The molecule has 1 heterocycles. The van der Waals surface area contributed by atoms with Gasteiger partial charge in [0.15, 0.2) is 9.84 Å². The van der Waals surface area contributed by atoms with Crippen molar-refractivity contribution < 1.29 is 27.5 Å². The monoisotopic (exact) mass is 390 g/mol. The number of nitrogens with zero attached hydrogens (tertiary/aromatic N) is 1. The summed E-state index contributed by atoms with van der Waals surface area (Å²) in [5.74, 6) is -1.50. The Morgan fingerprint density at radius 1 is 1.58 bits per heavy atom. The minimum Gasteiger partial charge on any atom is -0.496 e. The molecule has 1 fully saturated rings. The lowest BCUT2D eigenvalue weighted by Crippen LogP contribution is -2.43. The van der Waals surface area contributed by atoms with Crippen LogP contribution in [-0.4, -0.2) is 57.2 Å². The smallest absolute Gasteiger partial charge is 0.255 e. The van der Waals surface area contributed by atoms with Gasteiger partial charge in [-0.3, -0.25) is 9.69 Å². The predicted octanol–water partition coefficient (Wildman–Crippen LogP) is 1.67. The second-order valence-corrected chi connectivity index (χ2v) is 8.42. The maximum absolute atomic E-state index is 13.0. The Morgan fingerprint density at radius 3 is 3.00 bits per heavy atom. The highest BCUT2D eigenvalue weighted by Gasteiger charge is 2.28. The first-order valence-corrected chi connectivity index (χ1v) is 9.96. The largest absolute Gasteiger partial charge is 0.496 e. The van der Waals surface area contributed by atoms with Crippen molar-refractivity contribution in [3.63, 3.8) is 0 Å². The van der Waals surface area contributed by atoms with E-state index in [9.17, 15) is 13.2 Å². The fraction of sp³-hybridized carbons (Fsp3) is 0.611. The second-order valence-electron chi connectivity index (χ2n) is 6.18. The molecule has 1 aliphatic rings. The predicted molar refractivity (Wildman–Crippen MR) is 102 cm³/mol. The summed E-state index contributed by atoms with van der Waals surface area (Å²) in [5, 5.41) is 2.59. The first kappa shape index (κ1) is 12.6. The number of nitrogens with one attached hydrogen (secondary N) is 1. The molecule has 1 aromatic rings. The van der Waals surface area contributed by atoms with Crippen LogP contribution in [0.2, 0.25) is 0 Å². The molecule has 0 saturated carbocycles. The molecule has 0 bridgehead atoms. The van der Waals surface area contributed by atoms with E-state index in [1.54, 1.807) is 0 Å².